The highest BCUT2D eigenvalue weighted by Crippen LogP contribution is 2.26. The van der Waals surface area contributed by atoms with Crippen molar-refractivity contribution in [2.75, 3.05) is 12.9 Å². The standard InChI is InChI=1S/C26H34N2O3S/c1-17-7-9-22(10-8-17)32-14-13-18(2)19(3)24(27-16-29)15-25-20(4)23(21(5)28-25)11-12-26(30)31-6/h7-10,15-16,28H,11-14H2,1-6H3,(H,27,29)/b19-18+,24-15-. The van der Waals surface area contributed by atoms with Gasteiger partial charge in [-0.15, -0.1) is 11.8 Å². The molecule has 6 heteroatoms. The van der Waals surface area contributed by atoms with Gasteiger partial charge in [-0.1, -0.05) is 23.3 Å². The minimum Gasteiger partial charge on any atom is -0.469 e. The van der Waals surface area contributed by atoms with Gasteiger partial charge in [0.15, 0.2) is 0 Å². The van der Waals surface area contributed by atoms with E-state index in [2.05, 4.69) is 48.4 Å². The van der Waals surface area contributed by atoms with Gasteiger partial charge < -0.3 is 15.0 Å². The Kier molecular flexibility index (Phi) is 9.85. The topological polar surface area (TPSA) is 71.2 Å². The van der Waals surface area contributed by atoms with Gasteiger partial charge in [-0.25, -0.2) is 0 Å². The average molecular weight is 455 g/mol. The molecule has 1 aromatic heterocycles. The van der Waals surface area contributed by atoms with Crippen LogP contribution < -0.4 is 5.32 Å². The smallest absolute Gasteiger partial charge is 0.305 e. The zero-order valence-corrected chi connectivity index (χ0v) is 20.7. The summed E-state index contributed by atoms with van der Waals surface area (Å²) in [4.78, 5) is 27.5. The number of esters is 1. The maximum atomic E-state index is 11.5. The molecule has 0 radical (unpaired) electrons. The number of aromatic amines is 1. The van der Waals surface area contributed by atoms with E-state index in [1.807, 2.05) is 38.6 Å². The van der Waals surface area contributed by atoms with Gasteiger partial charge in [0.25, 0.3) is 0 Å². The fraction of sp³-hybridized carbons (Fsp3) is 0.385. The Labute approximate surface area is 195 Å². The Morgan fingerprint density at radius 2 is 1.81 bits per heavy atom. The number of H-pyrrole nitrogens is 1. The number of ether oxygens (including phenoxy) is 1. The number of carbonyl (C=O) groups is 2. The quantitative estimate of drug-likeness (QED) is 0.199. The van der Waals surface area contributed by atoms with Crippen molar-refractivity contribution in [2.24, 2.45) is 0 Å². The summed E-state index contributed by atoms with van der Waals surface area (Å²) in [5, 5.41) is 2.86. The Morgan fingerprint density at radius 1 is 1.12 bits per heavy atom. The molecule has 1 aromatic carbocycles. The molecule has 172 valence electrons. The number of thioether (sulfide) groups is 1. The van der Waals surface area contributed by atoms with Crippen LogP contribution in [0.25, 0.3) is 6.08 Å². The molecule has 5 nitrogen and oxygen atoms in total. The first-order valence-corrected chi connectivity index (χ1v) is 11.8. The van der Waals surface area contributed by atoms with Gasteiger partial charge in [0.2, 0.25) is 6.41 Å². The normalized spacial score (nSPS) is 12.4. The van der Waals surface area contributed by atoms with Gasteiger partial charge in [0.1, 0.15) is 0 Å². The van der Waals surface area contributed by atoms with Crippen molar-refractivity contribution in [1.82, 2.24) is 10.3 Å². The van der Waals surface area contributed by atoms with Crippen molar-refractivity contribution in [3.05, 3.63) is 69.2 Å². The zero-order valence-electron chi connectivity index (χ0n) is 19.9. The van der Waals surface area contributed by atoms with E-state index in [4.69, 9.17) is 4.74 Å². The fourth-order valence-corrected chi connectivity index (χ4v) is 4.48. The van der Waals surface area contributed by atoms with Crippen LogP contribution in [0.4, 0.5) is 0 Å². The Bertz CT molecular complexity index is 1000. The van der Waals surface area contributed by atoms with Gasteiger partial charge in [0, 0.05) is 34.2 Å². The molecule has 1 amide bonds. The number of hydrogen-bond acceptors (Lipinski definition) is 4. The Hall–Kier alpha value is -2.73. The lowest BCUT2D eigenvalue weighted by Gasteiger charge is -2.12. The summed E-state index contributed by atoms with van der Waals surface area (Å²) in [5.74, 6) is 0.752. The summed E-state index contributed by atoms with van der Waals surface area (Å²) in [7, 11) is 1.40. The second-order valence-corrected chi connectivity index (χ2v) is 9.15. The number of methoxy groups -OCH3 is 1. The van der Waals surface area contributed by atoms with Gasteiger partial charge in [-0.3, -0.25) is 9.59 Å². The van der Waals surface area contributed by atoms with Crippen LogP contribution in [-0.2, 0) is 20.7 Å². The number of amides is 1. The van der Waals surface area contributed by atoms with E-state index in [0.717, 1.165) is 46.0 Å². The summed E-state index contributed by atoms with van der Waals surface area (Å²) in [6.07, 6.45) is 4.58. The van der Waals surface area contributed by atoms with Crippen LogP contribution in [0.1, 0.15) is 54.8 Å². The predicted octanol–water partition coefficient (Wildman–Crippen LogP) is 5.65. The summed E-state index contributed by atoms with van der Waals surface area (Å²) in [6.45, 7) is 10.3. The summed E-state index contributed by atoms with van der Waals surface area (Å²) < 4.78 is 4.76. The van der Waals surface area contributed by atoms with Crippen molar-refractivity contribution in [3.8, 4) is 0 Å². The summed E-state index contributed by atoms with van der Waals surface area (Å²) in [6, 6.07) is 8.56. The number of aryl methyl sites for hydroxylation is 2. The van der Waals surface area contributed by atoms with Gasteiger partial charge in [-0.2, -0.15) is 0 Å². The van der Waals surface area contributed by atoms with Crippen LogP contribution in [0.15, 0.2) is 46.0 Å². The van der Waals surface area contributed by atoms with Gasteiger partial charge >= 0.3 is 5.97 Å². The van der Waals surface area contributed by atoms with Crippen molar-refractivity contribution in [2.45, 2.75) is 58.8 Å². The van der Waals surface area contributed by atoms with Crippen molar-refractivity contribution in [1.29, 1.82) is 0 Å². The van der Waals surface area contributed by atoms with Crippen LogP contribution in [0.5, 0.6) is 0 Å². The molecule has 0 bridgehead atoms. The highest BCUT2D eigenvalue weighted by molar-refractivity contribution is 7.99. The van der Waals surface area contributed by atoms with Crippen LogP contribution in [0.3, 0.4) is 0 Å². The van der Waals surface area contributed by atoms with E-state index >= 15 is 0 Å². The highest BCUT2D eigenvalue weighted by Gasteiger charge is 2.13. The molecule has 32 heavy (non-hydrogen) atoms. The number of rotatable bonds is 11. The maximum Gasteiger partial charge on any atom is 0.305 e. The first-order valence-electron chi connectivity index (χ1n) is 10.8. The number of hydrogen-bond donors (Lipinski definition) is 2. The third-order valence-corrected chi connectivity index (χ3v) is 6.77. The maximum absolute atomic E-state index is 11.5. The van der Waals surface area contributed by atoms with Crippen molar-refractivity contribution >= 4 is 30.2 Å². The summed E-state index contributed by atoms with van der Waals surface area (Å²) in [5.41, 5.74) is 8.49. The predicted molar refractivity (Wildman–Crippen MR) is 133 cm³/mol. The molecule has 0 aliphatic carbocycles. The number of nitrogens with one attached hydrogen (secondary N) is 2. The lowest BCUT2D eigenvalue weighted by Crippen LogP contribution is -2.12. The molecule has 0 aliphatic heterocycles. The van der Waals surface area contributed by atoms with Gasteiger partial charge in [-0.05, 0) is 82.4 Å². The minimum absolute atomic E-state index is 0.219. The van der Waals surface area contributed by atoms with Crippen LogP contribution in [0, 0.1) is 20.8 Å². The van der Waals surface area contributed by atoms with E-state index in [1.54, 1.807) is 0 Å². The molecule has 0 fully saturated rings. The average Bonchev–Trinajstić information content (AvgIpc) is 3.04. The molecule has 0 saturated heterocycles. The SMILES string of the molecule is COC(=O)CCc1c(C)[nH]c(/C=C(NC=O)/C(C)=C(\C)CCSc2ccc(C)cc2)c1C. The molecular weight excluding hydrogens is 420 g/mol. The molecule has 0 saturated carbocycles. The van der Waals surface area contributed by atoms with E-state index in [9.17, 15) is 9.59 Å². The lowest BCUT2D eigenvalue weighted by molar-refractivity contribution is -0.140. The second-order valence-electron chi connectivity index (χ2n) is 7.98. The number of carbonyl (C=O) groups excluding carboxylic acids is 2. The summed E-state index contributed by atoms with van der Waals surface area (Å²) >= 11 is 1.83. The first kappa shape index (κ1) is 25.5. The minimum atomic E-state index is -0.219. The second kappa shape index (κ2) is 12.3. The number of benzene rings is 1. The van der Waals surface area contributed by atoms with Crippen molar-refractivity contribution in [3.63, 3.8) is 0 Å². The monoisotopic (exact) mass is 454 g/mol. The lowest BCUT2D eigenvalue weighted by atomic mass is 10.0. The van der Waals surface area contributed by atoms with Gasteiger partial charge in [0.05, 0.1) is 7.11 Å². The van der Waals surface area contributed by atoms with E-state index in [0.29, 0.717) is 19.3 Å². The Morgan fingerprint density at radius 3 is 2.44 bits per heavy atom. The van der Waals surface area contributed by atoms with Crippen LogP contribution in [0.2, 0.25) is 0 Å². The third kappa shape index (κ3) is 7.16. The number of allylic oxidation sites excluding steroid dienone is 2. The molecule has 2 rings (SSSR count). The molecule has 2 N–H and O–H groups in total. The van der Waals surface area contributed by atoms with Crippen LogP contribution >= 0.6 is 11.8 Å². The van der Waals surface area contributed by atoms with E-state index < -0.39 is 0 Å². The zero-order chi connectivity index (χ0) is 23.7. The fourth-order valence-electron chi connectivity index (χ4n) is 3.50. The molecule has 2 aromatic rings. The van der Waals surface area contributed by atoms with E-state index in [1.165, 1.54) is 23.1 Å². The largest absolute Gasteiger partial charge is 0.469 e. The molecular formula is C26H34N2O3S. The van der Waals surface area contributed by atoms with Crippen LogP contribution in [-0.4, -0.2) is 30.2 Å². The Balaban J connectivity index is 2.17. The van der Waals surface area contributed by atoms with E-state index in [-0.39, 0.29) is 5.97 Å². The number of aromatic nitrogens is 1. The molecule has 0 atom stereocenters. The molecule has 0 unspecified atom stereocenters. The highest BCUT2D eigenvalue weighted by atomic mass is 32.2. The van der Waals surface area contributed by atoms with Crippen molar-refractivity contribution < 1.29 is 14.3 Å². The molecule has 0 aliphatic rings. The molecule has 1 heterocycles. The molecule has 0 spiro atoms. The third-order valence-electron chi connectivity index (χ3n) is 5.75. The first-order chi connectivity index (χ1) is 15.3.